The number of fused-ring (bicyclic) bond motifs is 1. The first-order valence-electron chi connectivity index (χ1n) is 9.13. The number of ether oxygens (including phenoxy) is 1. The van der Waals surface area contributed by atoms with E-state index in [2.05, 4.69) is 20.5 Å². The zero-order chi connectivity index (χ0) is 22.0. The third-order valence-electron chi connectivity index (χ3n) is 4.67. The molecule has 0 saturated carbocycles. The van der Waals surface area contributed by atoms with Crippen molar-refractivity contribution in [3.05, 3.63) is 77.9 Å². The predicted molar refractivity (Wildman–Crippen MR) is 110 cm³/mol. The molecule has 4 rings (SSSR count). The first-order chi connectivity index (χ1) is 14.9. The average molecular weight is 440 g/mol. The van der Waals surface area contributed by atoms with Crippen molar-refractivity contribution in [3.63, 3.8) is 0 Å². The molecule has 2 aromatic heterocycles. The topological polar surface area (TPSA) is 114 Å². The van der Waals surface area contributed by atoms with E-state index in [1.807, 2.05) is 0 Å². The number of aromatic nitrogens is 3. The lowest BCUT2D eigenvalue weighted by atomic mass is 10.2. The van der Waals surface area contributed by atoms with Gasteiger partial charge in [-0.3, -0.25) is 9.89 Å². The number of halogens is 1. The maximum Gasteiger partial charge on any atom is 0.253 e. The minimum atomic E-state index is -4.04. The van der Waals surface area contributed by atoms with Crippen LogP contribution in [0.4, 0.5) is 4.39 Å². The van der Waals surface area contributed by atoms with E-state index in [9.17, 15) is 17.6 Å². The summed E-state index contributed by atoms with van der Waals surface area (Å²) in [5.74, 6) is -0.990. The lowest BCUT2D eigenvalue weighted by Crippen LogP contribution is -2.22. The molecule has 0 aliphatic heterocycles. The number of hydrogen-bond donors (Lipinski definition) is 2. The first kappa shape index (κ1) is 20.5. The van der Waals surface area contributed by atoms with Gasteiger partial charge < -0.3 is 10.1 Å². The van der Waals surface area contributed by atoms with Gasteiger partial charge in [0, 0.05) is 24.2 Å². The molecule has 0 spiro atoms. The SMILES string of the molecule is COc1ccc(S(=O)(=O)c2ccc(CNC(=O)c3cnc4[nH]ncc4c3)cc2)c(F)c1. The van der Waals surface area contributed by atoms with Gasteiger partial charge in [-0.1, -0.05) is 12.1 Å². The summed E-state index contributed by atoms with van der Waals surface area (Å²) < 4.78 is 44.6. The molecule has 0 atom stereocenters. The van der Waals surface area contributed by atoms with E-state index in [1.54, 1.807) is 24.4 Å². The fraction of sp³-hybridized carbons (Fsp3) is 0.0952. The summed E-state index contributed by atoms with van der Waals surface area (Å²) in [5.41, 5.74) is 1.64. The number of sulfone groups is 1. The number of carbonyl (C=O) groups is 1. The largest absolute Gasteiger partial charge is 0.497 e. The maximum atomic E-state index is 14.2. The number of H-pyrrole nitrogens is 1. The zero-order valence-electron chi connectivity index (χ0n) is 16.3. The third kappa shape index (κ3) is 4.10. The molecule has 1 amide bonds. The highest BCUT2D eigenvalue weighted by Crippen LogP contribution is 2.26. The summed E-state index contributed by atoms with van der Waals surface area (Å²) in [5, 5.41) is 10.0. The molecule has 0 unspecified atom stereocenters. The standard InChI is InChI=1S/C21H17FN4O4S/c1-30-16-4-7-19(18(22)9-16)31(28,29)17-5-2-13(3-6-17)10-24-21(27)15-8-14-12-25-26-20(14)23-11-15/h2-9,11-12H,10H2,1H3,(H,24,27)(H,23,25,26). The minimum Gasteiger partial charge on any atom is -0.497 e. The van der Waals surface area contributed by atoms with Crippen LogP contribution in [0.25, 0.3) is 11.0 Å². The number of hydrogen-bond acceptors (Lipinski definition) is 6. The van der Waals surface area contributed by atoms with Gasteiger partial charge in [-0.05, 0) is 35.9 Å². The lowest BCUT2D eigenvalue weighted by molar-refractivity contribution is 0.0950. The summed E-state index contributed by atoms with van der Waals surface area (Å²) in [7, 11) is -2.67. The number of methoxy groups -OCH3 is 1. The van der Waals surface area contributed by atoms with Crippen LogP contribution in [0.5, 0.6) is 5.75 Å². The van der Waals surface area contributed by atoms with E-state index < -0.39 is 20.5 Å². The molecule has 8 nitrogen and oxygen atoms in total. The van der Waals surface area contributed by atoms with Crippen LogP contribution in [0, 0.1) is 5.82 Å². The Morgan fingerprint density at radius 3 is 2.61 bits per heavy atom. The molecule has 2 aromatic carbocycles. The van der Waals surface area contributed by atoms with E-state index in [-0.39, 0.29) is 23.1 Å². The smallest absolute Gasteiger partial charge is 0.253 e. The summed E-state index contributed by atoms with van der Waals surface area (Å²) in [4.78, 5) is 16.0. The van der Waals surface area contributed by atoms with E-state index >= 15 is 0 Å². The molecule has 0 aliphatic rings. The van der Waals surface area contributed by atoms with E-state index in [4.69, 9.17) is 4.74 Å². The second-order valence-corrected chi connectivity index (χ2v) is 8.58. The van der Waals surface area contributed by atoms with Gasteiger partial charge in [0.25, 0.3) is 5.91 Å². The quantitative estimate of drug-likeness (QED) is 0.477. The van der Waals surface area contributed by atoms with Crippen molar-refractivity contribution in [2.45, 2.75) is 16.3 Å². The number of carbonyl (C=O) groups excluding carboxylic acids is 1. The van der Waals surface area contributed by atoms with Crippen molar-refractivity contribution in [1.29, 1.82) is 0 Å². The van der Waals surface area contributed by atoms with Crippen LogP contribution in [0.1, 0.15) is 15.9 Å². The number of pyridine rings is 1. The van der Waals surface area contributed by atoms with Gasteiger partial charge >= 0.3 is 0 Å². The van der Waals surface area contributed by atoms with Gasteiger partial charge in [0.05, 0.1) is 23.8 Å². The van der Waals surface area contributed by atoms with Crippen LogP contribution in [-0.4, -0.2) is 36.6 Å². The van der Waals surface area contributed by atoms with Crippen molar-refractivity contribution in [2.24, 2.45) is 0 Å². The van der Waals surface area contributed by atoms with Gasteiger partial charge in [0.1, 0.15) is 16.5 Å². The van der Waals surface area contributed by atoms with Crippen LogP contribution in [0.3, 0.4) is 0 Å². The Morgan fingerprint density at radius 1 is 1.13 bits per heavy atom. The van der Waals surface area contributed by atoms with Crippen LogP contribution >= 0.6 is 0 Å². The number of nitrogens with zero attached hydrogens (tertiary/aromatic N) is 2. The summed E-state index contributed by atoms with van der Waals surface area (Å²) >= 11 is 0. The molecule has 31 heavy (non-hydrogen) atoms. The van der Waals surface area contributed by atoms with Crippen molar-refractivity contribution in [3.8, 4) is 5.75 Å². The molecular formula is C21H17FN4O4S. The number of amides is 1. The number of aromatic amines is 1. The second kappa shape index (κ2) is 8.15. The second-order valence-electron chi connectivity index (χ2n) is 6.66. The van der Waals surface area contributed by atoms with Gasteiger partial charge in [0.15, 0.2) is 5.65 Å². The van der Waals surface area contributed by atoms with Crippen molar-refractivity contribution < 1.29 is 22.3 Å². The minimum absolute atomic E-state index is 0.0544. The van der Waals surface area contributed by atoms with Gasteiger partial charge in [-0.2, -0.15) is 5.10 Å². The highest BCUT2D eigenvalue weighted by atomic mass is 32.2. The summed E-state index contributed by atoms with van der Waals surface area (Å²) in [6.45, 7) is 0.180. The Morgan fingerprint density at radius 2 is 1.90 bits per heavy atom. The van der Waals surface area contributed by atoms with Crippen LogP contribution in [-0.2, 0) is 16.4 Å². The van der Waals surface area contributed by atoms with Gasteiger partial charge in [0.2, 0.25) is 9.84 Å². The first-order valence-corrected chi connectivity index (χ1v) is 10.6. The molecule has 0 saturated heterocycles. The Kier molecular flexibility index (Phi) is 5.38. The summed E-state index contributed by atoms with van der Waals surface area (Å²) in [6, 6.07) is 11.1. The van der Waals surface area contributed by atoms with E-state index in [0.29, 0.717) is 22.2 Å². The van der Waals surface area contributed by atoms with Crippen molar-refractivity contribution >= 4 is 26.8 Å². The zero-order valence-corrected chi connectivity index (χ0v) is 17.1. The molecular weight excluding hydrogens is 423 g/mol. The van der Waals surface area contributed by atoms with E-state index in [0.717, 1.165) is 6.07 Å². The predicted octanol–water partition coefficient (Wildman–Crippen LogP) is 2.87. The number of nitrogens with one attached hydrogen (secondary N) is 2. The monoisotopic (exact) mass is 440 g/mol. The Balaban J connectivity index is 1.47. The fourth-order valence-electron chi connectivity index (χ4n) is 2.99. The van der Waals surface area contributed by atoms with Crippen molar-refractivity contribution in [1.82, 2.24) is 20.5 Å². The number of rotatable bonds is 6. The molecule has 2 N–H and O–H groups in total. The Hall–Kier alpha value is -3.79. The normalized spacial score (nSPS) is 11.4. The summed E-state index contributed by atoms with van der Waals surface area (Å²) in [6.07, 6.45) is 3.01. The van der Waals surface area contributed by atoms with Crippen LogP contribution in [0.15, 0.2) is 70.7 Å². The van der Waals surface area contributed by atoms with E-state index in [1.165, 1.54) is 37.6 Å². The molecule has 2 heterocycles. The van der Waals surface area contributed by atoms with Crippen molar-refractivity contribution in [2.75, 3.05) is 7.11 Å². The Bertz CT molecular complexity index is 1370. The highest BCUT2D eigenvalue weighted by molar-refractivity contribution is 7.91. The molecule has 4 aromatic rings. The van der Waals surface area contributed by atoms with Gasteiger partial charge in [-0.15, -0.1) is 0 Å². The molecule has 158 valence electrons. The van der Waals surface area contributed by atoms with Crippen LogP contribution < -0.4 is 10.1 Å². The third-order valence-corrected chi connectivity index (χ3v) is 6.47. The highest BCUT2D eigenvalue weighted by Gasteiger charge is 2.22. The molecule has 0 fully saturated rings. The van der Waals surface area contributed by atoms with Gasteiger partial charge in [-0.25, -0.2) is 17.8 Å². The fourth-order valence-corrected chi connectivity index (χ4v) is 4.30. The molecule has 0 radical (unpaired) electrons. The molecule has 10 heteroatoms. The number of benzene rings is 2. The maximum absolute atomic E-state index is 14.2. The average Bonchev–Trinajstić information content (AvgIpc) is 3.25. The van der Waals surface area contributed by atoms with Crippen LogP contribution in [0.2, 0.25) is 0 Å². The molecule has 0 bridgehead atoms. The lowest BCUT2D eigenvalue weighted by Gasteiger charge is -2.09. The Labute approximate surface area is 177 Å². The molecule has 0 aliphatic carbocycles.